The summed E-state index contributed by atoms with van der Waals surface area (Å²) in [4.78, 5) is 43.7. The first-order chi connectivity index (χ1) is 37.0. The van der Waals surface area contributed by atoms with Crippen LogP contribution < -0.4 is 10.6 Å². The van der Waals surface area contributed by atoms with Crippen LogP contribution in [0.1, 0.15) is 76.6 Å². The molecule has 4 aromatic heterocycles. The average Bonchev–Trinajstić information content (AvgIpc) is 4.03. The summed E-state index contributed by atoms with van der Waals surface area (Å²) in [6, 6.07) is 24.7. The third-order valence-electron chi connectivity index (χ3n) is 13.7. The molecule has 2 aliphatic rings. The Balaban J connectivity index is 0.699. The van der Waals surface area contributed by atoms with Gasteiger partial charge in [-0.2, -0.15) is 36.5 Å². The normalized spacial score (nSPS) is 15.0. The second kappa shape index (κ2) is 22.1. The molecule has 2 saturated heterocycles. The molecule has 2 aliphatic heterocycles. The third-order valence-corrected chi connectivity index (χ3v) is 13.7. The van der Waals surface area contributed by atoms with E-state index in [1.54, 1.807) is 94.5 Å². The smallest absolute Gasteiger partial charge is 0.322 e. The summed E-state index contributed by atoms with van der Waals surface area (Å²) in [7, 11) is 0. The number of nitrogens with one attached hydrogen (secondary N) is 2. The molecule has 6 heterocycles. The van der Waals surface area contributed by atoms with E-state index in [2.05, 4.69) is 64.3 Å². The van der Waals surface area contributed by atoms with Crippen molar-refractivity contribution in [3.05, 3.63) is 189 Å². The fourth-order valence-corrected chi connectivity index (χ4v) is 9.35. The SMILES string of the molecule is Cc1ccc(C(=O)Nc2ccc(CN3CCN(CN4CCN(Cc5ccc(NC(=O)c6ccc(C)c(C#Cc7cnc8cccnn78)c6)cc5C(F)(F)F)CC4)CC3)c(C(F)(F)F)c2)cc1C#Cc1cnc2cccnn12. The predicted octanol–water partition coefficient (Wildman–Crippen LogP) is 8.62. The van der Waals surface area contributed by atoms with E-state index in [4.69, 9.17) is 0 Å². The number of hydrogen-bond donors (Lipinski definition) is 2. The predicted molar refractivity (Wildman–Crippen MR) is 278 cm³/mol. The second-order valence-electron chi connectivity index (χ2n) is 19.0. The number of carbonyl (C=O) groups excluding carboxylic acids is 2. The number of rotatable bonds is 10. The van der Waals surface area contributed by atoms with Crippen molar-refractivity contribution < 1.29 is 35.9 Å². The van der Waals surface area contributed by atoms with Gasteiger partial charge in [0.1, 0.15) is 11.4 Å². The molecule has 0 atom stereocenters. The molecule has 2 N–H and O–H groups in total. The molecule has 2 fully saturated rings. The van der Waals surface area contributed by atoms with E-state index in [1.807, 2.05) is 23.6 Å². The highest BCUT2D eigenvalue weighted by Crippen LogP contribution is 2.36. The van der Waals surface area contributed by atoms with E-state index in [0.29, 0.717) is 92.8 Å². The Kier molecular flexibility index (Phi) is 14.9. The van der Waals surface area contributed by atoms with Crippen LogP contribution in [0.3, 0.4) is 0 Å². The van der Waals surface area contributed by atoms with Crippen molar-refractivity contribution >= 4 is 34.5 Å². The Labute approximate surface area is 439 Å². The molecule has 2 amide bonds. The average molecular weight is 1050 g/mol. The Morgan fingerprint density at radius 3 is 1.32 bits per heavy atom. The zero-order chi connectivity index (χ0) is 53.8. The molecule has 0 spiro atoms. The number of benzene rings is 4. The zero-order valence-corrected chi connectivity index (χ0v) is 41.9. The Morgan fingerprint density at radius 2 is 0.922 bits per heavy atom. The van der Waals surface area contributed by atoms with Crippen molar-refractivity contribution in [2.45, 2.75) is 39.3 Å². The third kappa shape index (κ3) is 12.3. The first kappa shape index (κ1) is 52.1. The van der Waals surface area contributed by atoms with Crippen LogP contribution in [-0.4, -0.2) is 120 Å². The number of hydrogen-bond acceptors (Lipinski definition) is 10. The molecule has 77 heavy (non-hydrogen) atoms. The summed E-state index contributed by atoms with van der Waals surface area (Å²) >= 11 is 0. The van der Waals surface area contributed by atoms with Crippen LogP contribution in [0.25, 0.3) is 11.3 Å². The topological polar surface area (TPSA) is 132 Å². The van der Waals surface area contributed by atoms with Crippen molar-refractivity contribution in [3.8, 4) is 23.7 Å². The van der Waals surface area contributed by atoms with Crippen molar-refractivity contribution in [3.63, 3.8) is 0 Å². The minimum Gasteiger partial charge on any atom is -0.322 e. The molecule has 0 bridgehead atoms. The van der Waals surface area contributed by atoms with Crippen molar-refractivity contribution in [2.24, 2.45) is 0 Å². The summed E-state index contributed by atoms with van der Waals surface area (Å²) < 4.78 is 90.5. The van der Waals surface area contributed by atoms with Crippen molar-refractivity contribution in [2.75, 3.05) is 69.7 Å². The Bertz CT molecular complexity index is 3410. The number of alkyl halides is 6. The van der Waals surface area contributed by atoms with Gasteiger partial charge in [-0.15, -0.1) is 0 Å². The molecule has 0 saturated carbocycles. The fourth-order valence-electron chi connectivity index (χ4n) is 9.35. The molecule has 8 aromatic rings. The first-order valence-electron chi connectivity index (χ1n) is 24.8. The van der Waals surface area contributed by atoms with Crippen LogP contribution >= 0.6 is 0 Å². The van der Waals surface area contributed by atoms with Crippen LogP contribution in [0.4, 0.5) is 37.7 Å². The van der Waals surface area contributed by atoms with Gasteiger partial charge in [0.25, 0.3) is 11.8 Å². The summed E-state index contributed by atoms with van der Waals surface area (Å²) in [5, 5.41) is 13.8. The monoisotopic (exact) mass is 1050 g/mol. The van der Waals surface area contributed by atoms with Gasteiger partial charge in [0.2, 0.25) is 0 Å². The lowest BCUT2D eigenvalue weighted by atomic mass is 10.0. The van der Waals surface area contributed by atoms with Crippen LogP contribution in [0, 0.1) is 37.5 Å². The second-order valence-corrected chi connectivity index (χ2v) is 19.0. The van der Waals surface area contributed by atoms with Crippen LogP contribution in [-0.2, 0) is 25.4 Å². The lowest BCUT2D eigenvalue weighted by Crippen LogP contribution is -2.53. The highest BCUT2D eigenvalue weighted by molar-refractivity contribution is 6.05. The number of amides is 2. The summed E-state index contributed by atoms with van der Waals surface area (Å²) in [6.07, 6.45) is -2.90. The summed E-state index contributed by atoms with van der Waals surface area (Å²) in [5.74, 6) is 11.0. The number of aromatic nitrogens is 6. The van der Waals surface area contributed by atoms with Crippen LogP contribution in [0.5, 0.6) is 0 Å². The van der Waals surface area contributed by atoms with E-state index < -0.39 is 35.3 Å². The van der Waals surface area contributed by atoms with Gasteiger partial charge in [0, 0.05) is 111 Å². The largest absolute Gasteiger partial charge is 0.416 e. The molecule has 0 radical (unpaired) electrons. The molecule has 0 unspecified atom stereocenters. The lowest BCUT2D eigenvalue weighted by Gasteiger charge is -2.41. The van der Waals surface area contributed by atoms with Gasteiger partial charge in [0.15, 0.2) is 11.3 Å². The standard InChI is InChI=1S/C57H50F6N12O2/c1-38-7-9-42(29-40(38)13-17-48-33-64-52-5-3-19-66-74(48)52)54(76)68-46-15-11-44(50(31-46)56(58,59)60)35-70-21-25-72(26-22-70)37-73-27-23-71(24-28-73)36-45-12-16-47(32-51(45)57(61,62)63)69-55(77)43-10-8-39(2)41(30-43)14-18-49-34-65-53-6-4-20-67-75(49)53/h3-12,15-16,19-20,29-34H,21-28,35-37H2,1-2H3,(H,68,76)(H,69,77). The molecule has 4 aromatic carbocycles. The minimum absolute atomic E-state index is 0.0107. The number of carbonyl (C=O) groups is 2. The van der Waals surface area contributed by atoms with E-state index >= 15 is 0 Å². The molecule has 10 rings (SSSR count). The quantitative estimate of drug-likeness (QED) is 0.101. The Morgan fingerprint density at radius 1 is 0.519 bits per heavy atom. The number of anilines is 2. The molecule has 14 nitrogen and oxygen atoms in total. The number of imidazole rings is 2. The summed E-state index contributed by atoms with van der Waals surface area (Å²) in [6.45, 7) is 9.04. The Hall–Kier alpha value is -8.40. The van der Waals surface area contributed by atoms with Gasteiger partial charge < -0.3 is 10.6 Å². The van der Waals surface area contributed by atoms with Gasteiger partial charge in [-0.3, -0.25) is 29.2 Å². The van der Waals surface area contributed by atoms with Crippen LogP contribution in [0.2, 0.25) is 0 Å². The number of fused-ring (bicyclic) bond motifs is 2. The lowest BCUT2D eigenvalue weighted by molar-refractivity contribution is -0.139. The fraction of sp³-hybridized carbons (Fsp3) is 0.263. The maximum absolute atomic E-state index is 14.5. The molecule has 20 heteroatoms. The van der Waals surface area contributed by atoms with E-state index in [9.17, 15) is 35.9 Å². The maximum atomic E-state index is 14.5. The number of nitrogens with zero attached hydrogens (tertiary/aromatic N) is 10. The van der Waals surface area contributed by atoms with Crippen molar-refractivity contribution in [1.82, 2.24) is 48.8 Å². The van der Waals surface area contributed by atoms with Gasteiger partial charge >= 0.3 is 12.4 Å². The highest BCUT2D eigenvalue weighted by atomic mass is 19.4. The maximum Gasteiger partial charge on any atom is 0.416 e. The van der Waals surface area contributed by atoms with E-state index in [1.165, 1.54) is 24.3 Å². The first-order valence-corrected chi connectivity index (χ1v) is 24.8. The van der Waals surface area contributed by atoms with E-state index in [-0.39, 0.29) is 46.7 Å². The number of piperazine rings is 2. The number of aryl methyl sites for hydroxylation is 2. The molecular weight excluding hydrogens is 999 g/mol. The highest BCUT2D eigenvalue weighted by Gasteiger charge is 2.36. The molecule has 392 valence electrons. The molecule has 0 aliphatic carbocycles. The zero-order valence-electron chi connectivity index (χ0n) is 41.9. The molecular formula is C57H50F6N12O2. The van der Waals surface area contributed by atoms with Crippen LogP contribution in [0.15, 0.2) is 122 Å². The van der Waals surface area contributed by atoms with Gasteiger partial charge in [-0.1, -0.05) is 36.1 Å². The van der Waals surface area contributed by atoms with Gasteiger partial charge in [-0.25, -0.2) is 19.0 Å². The van der Waals surface area contributed by atoms with Gasteiger partial charge in [0.05, 0.1) is 30.2 Å². The van der Waals surface area contributed by atoms with E-state index in [0.717, 1.165) is 23.3 Å². The van der Waals surface area contributed by atoms with Crippen molar-refractivity contribution in [1.29, 1.82) is 0 Å². The number of halogens is 6. The summed E-state index contributed by atoms with van der Waals surface area (Å²) in [5.41, 5.74) is 4.17. The van der Waals surface area contributed by atoms with Gasteiger partial charge in [-0.05, 0) is 121 Å². The minimum atomic E-state index is -4.67.